The van der Waals surface area contributed by atoms with Crippen LogP contribution in [0.4, 0.5) is 0 Å². The smallest absolute Gasteiger partial charge is 0.255 e. The minimum absolute atomic E-state index is 0.157. The number of nitrogens with one attached hydrogen (secondary N) is 1. The standard InChI is InChI=1S/C25H25N3O3S/c1-2-11-27-24(30)25(16-19-7-9-20(10-8-19)22-6-4-15-32-22)18-28(13-14-31-25)23(29)21-5-3-12-26-17-21/h2-10,12,15,17H,1,11,13-14,16,18H2,(H,27,30). The lowest BCUT2D eigenvalue weighted by molar-refractivity contribution is -0.157. The van der Waals surface area contributed by atoms with Gasteiger partial charge >= 0.3 is 0 Å². The molecule has 1 atom stereocenters. The molecule has 2 amide bonds. The van der Waals surface area contributed by atoms with Crippen molar-refractivity contribution < 1.29 is 14.3 Å². The number of morpholine rings is 1. The summed E-state index contributed by atoms with van der Waals surface area (Å²) in [6.07, 6.45) is 5.16. The zero-order valence-electron chi connectivity index (χ0n) is 17.7. The van der Waals surface area contributed by atoms with E-state index in [1.54, 1.807) is 46.8 Å². The van der Waals surface area contributed by atoms with Gasteiger partial charge < -0.3 is 15.0 Å². The van der Waals surface area contributed by atoms with Crippen LogP contribution in [0.25, 0.3) is 10.4 Å². The first-order valence-corrected chi connectivity index (χ1v) is 11.3. The Hall–Kier alpha value is -3.29. The van der Waals surface area contributed by atoms with Crippen molar-refractivity contribution in [3.8, 4) is 10.4 Å². The lowest BCUT2D eigenvalue weighted by atomic mass is 9.90. The maximum Gasteiger partial charge on any atom is 0.255 e. The predicted octanol–water partition coefficient (Wildman–Crippen LogP) is 3.57. The second kappa shape index (κ2) is 9.89. The number of benzene rings is 1. The number of hydrogen-bond donors (Lipinski definition) is 1. The summed E-state index contributed by atoms with van der Waals surface area (Å²) in [6, 6.07) is 15.7. The number of hydrogen-bond acceptors (Lipinski definition) is 5. The van der Waals surface area contributed by atoms with Crippen molar-refractivity contribution in [2.24, 2.45) is 0 Å². The second-order valence-corrected chi connectivity index (χ2v) is 8.61. The molecule has 3 heterocycles. The van der Waals surface area contributed by atoms with Crippen LogP contribution in [-0.2, 0) is 16.0 Å². The third-order valence-corrected chi connectivity index (χ3v) is 6.37. The molecule has 1 aromatic carbocycles. The molecule has 1 aliphatic rings. The Bertz CT molecular complexity index is 1070. The van der Waals surface area contributed by atoms with Gasteiger partial charge in [-0.3, -0.25) is 14.6 Å². The molecule has 1 fully saturated rings. The average Bonchev–Trinajstić information content (AvgIpc) is 3.38. The summed E-state index contributed by atoms with van der Waals surface area (Å²) in [5.41, 5.74) is 1.42. The predicted molar refractivity (Wildman–Crippen MR) is 125 cm³/mol. The van der Waals surface area contributed by atoms with Crippen LogP contribution < -0.4 is 5.32 Å². The van der Waals surface area contributed by atoms with E-state index in [0.717, 1.165) is 11.1 Å². The van der Waals surface area contributed by atoms with E-state index in [9.17, 15) is 9.59 Å². The molecule has 0 saturated carbocycles. The first kappa shape index (κ1) is 21.9. The van der Waals surface area contributed by atoms with Gasteiger partial charge in [0.2, 0.25) is 0 Å². The fourth-order valence-corrected chi connectivity index (χ4v) is 4.57. The molecule has 32 heavy (non-hydrogen) atoms. The fraction of sp³-hybridized carbons (Fsp3) is 0.240. The van der Waals surface area contributed by atoms with Crippen LogP contribution in [0.2, 0.25) is 0 Å². The Morgan fingerprint density at radius 2 is 2.06 bits per heavy atom. The number of pyridine rings is 1. The number of aromatic nitrogens is 1. The highest BCUT2D eigenvalue weighted by molar-refractivity contribution is 7.13. The van der Waals surface area contributed by atoms with E-state index in [1.165, 1.54) is 4.88 Å². The van der Waals surface area contributed by atoms with E-state index >= 15 is 0 Å². The minimum Gasteiger partial charge on any atom is -0.361 e. The van der Waals surface area contributed by atoms with Crippen LogP contribution in [-0.4, -0.2) is 53.5 Å². The molecule has 164 valence electrons. The number of ether oxygens (including phenoxy) is 1. The highest BCUT2D eigenvalue weighted by atomic mass is 32.1. The SMILES string of the molecule is C=CCNC(=O)C1(Cc2ccc(-c3cccs3)cc2)CN(C(=O)c2cccnc2)CCO1. The summed E-state index contributed by atoms with van der Waals surface area (Å²) in [5, 5.41) is 4.91. The lowest BCUT2D eigenvalue weighted by Gasteiger charge is -2.41. The van der Waals surface area contributed by atoms with Gasteiger partial charge in [-0.1, -0.05) is 36.4 Å². The molecule has 7 heteroatoms. The molecule has 0 radical (unpaired) electrons. The minimum atomic E-state index is -1.18. The monoisotopic (exact) mass is 447 g/mol. The number of thiophene rings is 1. The van der Waals surface area contributed by atoms with Crippen LogP contribution in [0.1, 0.15) is 15.9 Å². The quantitative estimate of drug-likeness (QED) is 0.562. The maximum atomic E-state index is 13.2. The fourth-order valence-electron chi connectivity index (χ4n) is 3.84. The third kappa shape index (κ3) is 4.79. The van der Waals surface area contributed by atoms with Crippen molar-refractivity contribution in [1.82, 2.24) is 15.2 Å². The van der Waals surface area contributed by atoms with E-state index in [2.05, 4.69) is 35.1 Å². The normalized spacial score (nSPS) is 18.2. The molecule has 1 aliphatic heterocycles. The zero-order valence-corrected chi connectivity index (χ0v) is 18.5. The first-order chi connectivity index (χ1) is 15.6. The van der Waals surface area contributed by atoms with Gasteiger partial charge in [-0.15, -0.1) is 17.9 Å². The molecule has 0 bridgehead atoms. The maximum absolute atomic E-state index is 13.2. The average molecular weight is 448 g/mol. The van der Waals surface area contributed by atoms with E-state index in [4.69, 9.17) is 4.74 Å². The van der Waals surface area contributed by atoms with Crippen molar-refractivity contribution >= 4 is 23.2 Å². The highest BCUT2D eigenvalue weighted by Crippen LogP contribution is 2.28. The Balaban J connectivity index is 1.58. The molecule has 4 rings (SSSR count). The van der Waals surface area contributed by atoms with Gasteiger partial charge in [-0.05, 0) is 34.7 Å². The van der Waals surface area contributed by atoms with Gasteiger partial charge in [0.15, 0.2) is 5.60 Å². The van der Waals surface area contributed by atoms with E-state index in [-0.39, 0.29) is 25.0 Å². The molecule has 0 aliphatic carbocycles. The number of carbonyl (C=O) groups is 2. The van der Waals surface area contributed by atoms with Crippen molar-refractivity contribution in [2.45, 2.75) is 12.0 Å². The number of nitrogens with zero attached hydrogens (tertiary/aromatic N) is 2. The topological polar surface area (TPSA) is 71.5 Å². The van der Waals surface area contributed by atoms with Crippen LogP contribution >= 0.6 is 11.3 Å². The van der Waals surface area contributed by atoms with Gasteiger partial charge in [0.25, 0.3) is 11.8 Å². The van der Waals surface area contributed by atoms with E-state index in [0.29, 0.717) is 25.1 Å². The molecule has 1 N–H and O–H groups in total. The summed E-state index contributed by atoms with van der Waals surface area (Å²) >= 11 is 1.68. The summed E-state index contributed by atoms with van der Waals surface area (Å²) < 4.78 is 6.09. The van der Waals surface area contributed by atoms with Crippen LogP contribution in [0.15, 0.2) is 79.0 Å². The first-order valence-electron chi connectivity index (χ1n) is 10.5. The Morgan fingerprint density at radius 1 is 1.22 bits per heavy atom. The van der Waals surface area contributed by atoms with Crippen LogP contribution in [0.3, 0.4) is 0 Å². The van der Waals surface area contributed by atoms with Gasteiger partial charge in [0.1, 0.15) is 0 Å². The molecule has 0 spiro atoms. The Morgan fingerprint density at radius 3 is 2.75 bits per heavy atom. The van der Waals surface area contributed by atoms with Crippen LogP contribution in [0.5, 0.6) is 0 Å². The molecular weight excluding hydrogens is 422 g/mol. The molecule has 1 unspecified atom stereocenters. The summed E-state index contributed by atoms with van der Waals surface area (Å²) in [7, 11) is 0. The summed E-state index contributed by atoms with van der Waals surface area (Å²) in [5.74, 6) is -0.404. The number of amides is 2. The zero-order chi connectivity index (χ0) is 22.4. The molecule has 2 aromatic heterocycles. The van der Waals surface area contributed by atoms with Crippen molar-refractivity contribution in [3.05, 3.63) is 90.1 Å². The Labute approximate surface area is 191 Å². The Kier molecular flexibility index (Phi) is 6.78. The van der Waals surface area contributed by atoms with Crippen molar-refractivity contribution in [3.63, 3.8) is 0 Å². The van der Waals surface area contributed by atoms with Crippen molar-refractivity contribution in [2.75, 3.05) is 26.2 Å². The summed E-state index contributed by atoms with van der Waals surface area (Å²) in [4.78, 5) is 33.2. The summed E-state index contributed by atoms with van der Waals surface area (Å²) in [6.45, 7) is 4.87. The number of rotatable bonds is 7. The molecule has 1 saturated heterocycles. The molecule has 3 aromatic rings. The number of carbonyl (C=O) groups excluding carboxylic acids is 2. The van der Waals surface area contributed by atoms with E-state index in [1.807, 2.05) is 23.6 Å². The van der Waals surface area contributed by atoms with Gasteiger partial charge in [0.05, 0.1) is 18.7 Å². The van der Waals surface area contributed by atoms with Gasteiger partial charge in [-0.25, -0.2) is 0 Å². The van der Waals surface area contributed by atoms with Crippen LogP contribution in [0, 0.1) is 0 Å². The molecule has 6 nitrogen and oxygen atoms in total. The lowest BCUT2D eigenvalue weighted by Crippen LogP contribution is -2.62. The van der Waals surface area contributed by atoms with Crippen molar-refractivity contribution in [1.29, 1.82) is 0 Å². The molecular formula is C25H25N3O3S. The highest BCUT2D eigenvalue weighted by Gasteiger charge is 2.45. The van der Waals surface area contributed by atoms with E-state index < -0.39 is 5.60 Å². The largest absolute Gasteiger partial charge is 0.361 e. The van der Waals surface area contributed by atoms with Gasteiger partial charge in [0, 0.05) is 36.8 Å². The third-order valence-electron chi connectivity index (χ3n) is 5.45. The van der Waals surface area contributed by atoms with Gasteiger partial charge in [-0.2, -0.15) is 0 Å². The second-order valence-electron chi connectivity index (χ2n) is 7.66.